The number of Topliss-reactive ketones (excluding diaryl/α,β-unsaturated/α-hetero) is 1. The van der Waals surface area contributed by atoms with Crippen molar-refractivity contribution >= 4 is 11.5 Å². The van der Waals surface area contributed by atoms with Gasteiger partial charge in [-0.1, -0.05) is 20.3 Å². The molecule has 0 unspecified atom stereocenters. The van der Waals surface area contributed by atoms with Gasteiger partial charge in [-0.05, 0) is 36.6 Å². The van der Waals surface area contributed by atoms with Crippen LogP contribution in [0.2, 0.25) is 0 Å². The number of anilines is 1. The molecule has 2 nitrogen and oxygen atoms in total. The van der Waals surface area contributed by atoms with Gasteiger partial charge in [-0.15, -0.1) is 0 Å². The van der Waals surface area contributed by atoms with Crippen LogP contribution in [0.4, 0.5) is 5.69 Å². The standard InChI is InChI=1S/C15H23NO/c1-12(2)6-5-7-15(17)13-8-10-14(11-9-13)16(3)4/h8-12H,5-7H2,1-4H3. The highest BCUT2D eigenvalue weighted by Gasteiger charge is 2.06. The molecule has 0 aliphatic heterocycles. The predicted molar refractivity (Wildman–Crippen MR) is 73.8 cm³/mol. The summed E-state index contributed by atoms with van der Waals surface area (Å²) < 4.78 is 0. The summed E-state index contributed by atoms with van der Waals surface area (Å²) in [6.07, 6.45) is 2.78. The highest BCUT2D eigenvalue weighted by Crippen LogP contribution is 2.15. The van der Waals surface area contributed by atoms with Gasteiger partial charge >= 0.3 is 0 Å². The maximum absolute atomic E-state index is 11.9. The van der Waals surface area contributed by atoms with Crippen molar-refractivity contribution in [1.82, 2.24) is 0 Å². The van der Waals surface area contributed by atoms with Crippen molar-refractivity contribution < 1.29 is 4.79 Å². The van der Waals surface area contributed by atoms with Crippen molar-refractivity contribution in [2.75, 3.05) is 19.0 Å². The Balaban J connectivity index is 2.52. The fourth-order valence-electron chi connectivity index (χ4n) is 1.76. The van der Waals surface area contributed by atoms with Crippen LogP contribution in [-0.2, 0) is 0 Å². The van der Waals surface area contributed by atoms with E-state index in [0.29, 0.717) is 12.3 Å². The van der Waals surface area contributed by atoms with Gasteiger partial charge in [0.05, 0.1) is 0 Å². The van der Waals surface area contributed by atoms with E-state index in [1.165, 1.54) is 0 Å². The van der Waals surface area contributed by atoms with Crippen molar-refractivity contribution in [3.63, 3.8) is 0 Å². The third kappa shape index (κ3) is 4.59. The van der Waals surface area contributed by atoms with Crippen LogP contribution >= 0.6 is 0 Å². The summed E-state index contributed by atoms with van der Waals surface area (Å²) in [6, 6.07) is 7.84. The van der Waals surface area contributed by atoms with Gasteiger partial charge in [0.25, 0.3) is 0 Å². The minimum absolute atomic E-state index is 0.260. The molecule has 0 aliphatic carbocycles. The minimum atomic E-state index is 0.260. The summed E-state index contributed by atoms with van der Waals surface area (Å²) in [7, 11) is 4.00. The number of ketones is 1. The van der Waals surface area contributed by atoms with Crippen LogP contribution in [0, 0.1) is 5.92 Å². The van der Waals surface area contributed by atoms with Gasteiger partial charge < -0.3 is 4.90 Å². The van der Waals surface area contributed by atoms with Gasteiger partial charge in [0.2, 0.25) is 0 Å². The second-order valence-electron chi connectivity index (χ2n) is 5.15. The maximum atomic E-state index is 11.9. The first-order chi connectivity index (χ1) is 8.00. The number of hydrogen-bond acceptors (Lipinski definition) is 2. The highest BCUT2D eigenvalue weighted by molar-refractivity contribution is 5.96. The molecule has 0 radical (unpaired) electrons. The Morgan fingerprint density at radius 3 is 2.24 bits per heavy atom. The molecular formula is C15H23NO. The van der Waals surface area contributed by atoms with E-state index in [-0.39, 0.29) is 5.78 Å². The smallest absolute Gasteiger partial charge is 0.162 e. The molecule has 94 valence electrons. The van der Waals surface area contributed by atoms with Crippen molar-refractivity contribution in [2.45, 2.75) is 33.1 Å². The summed E-state index contributed by atoms with van der Waals surface area (Å²) in [5.41, 5.74) is 1.96. The Labute approximate surface area is 105 Å². The van der Waals surface area contributed by atoms with E-state index in [4.69, 9.17) is 0 Å². The average Bonchev–Trinajstić information content (AvgIpc) is 2.28. The Hall–Kier alpha value is -1.31. The number of benzene rings is 1. The summed E-state index contributed by atoms with van der Waals surface area (Å²) >= 11 is 0. The maximum Gasteiger partial charge on any atom is 0.162 e. The van der Waals surface area contributed by atoms with Gasteiger partial charge in [-0.2, -0.15) is 0 Å². The van der Waals surface area contributed by atoms with E-state index in [1.807, 2.05) is 43.3 Å². The fraction of sp³-hybridized carbons (Fsp3) is 0.533. The van der Waals surface area contributed by atoms with Crippen molar-refractivity contribution in [1.29, 1.82) is 0 Å². The zero-order chi connectivity index (χ0) is 12.8. The number of carbonyl (C=O) groups is 1. The van der Waals surface area contributed by atoms with Gasteiger partial charge in [-0.3, -0.25) is 4.79 Å². The number of nitrogens with zero attached hydrogens (tertiary/aromatic N) is 1. The lowest BCUT2D eigenvalue weighted by Crippen LogP contribution is -2.08. The van der Waals surface area contributed by atoms with E-state index < -0.39 is 0 Å². The van der Waals surface area contributed by atoms with Gasteiger partial charge in [0.15, 0.2) is 5.78 Å². The van der Waals surface area contributed by atoms with E-state index in [0.717, 1.165) is 24.1 Å². The Kier molecular flexibility index (Phi) is 5.20. The van der Waals surface area contributed by atoms with Crippen molar-refractivity contribution in [3.05, 3.63) is 29.8 Å². The lowest BCUT2D eigenvalue weighted by Gasteiger charge is -2.12. The largest absolute Gasteiger partial charge is 0.378 e. The summed E-state index contributed by atoms with van der Waals surface area (Å²) in [4.78, 5) is 13.9. The van der Waals surface area contributed by atoms with Crippen LogP contribution in [0.25, 0.3) is 0 Å². The Bertz CT molecular complexity index is 352. The van der Waals surface area contributed by atoms with Crippen molar-refractivity contribution in [3.8, 4) is 0 Å². The van der Waals surface area contributed by atoms with Crippen LogP contribution in [0.1, 0.15) is 43.5 Å². The predicted octanol–water partition coefficient (Wildman–Crippen LogP) is 3.76. The second kappa shape index (κ2) is 6.43. The quantitative estimate of drug-likeness (QED) is 0.697. The third-order valence-electron chi connectivity index (χ3n) is 2.89. The number of rotatable bonds is 6. The molecule has 0 spiro atoms. The lowest BCUT2D eigenvalue weighted by molar-refractivity contribution is 0.0978. The van der Waals surface area contributed by atoms with Crippen LogP contribution in [-0.4, -0.2) is 19.9 Å². The molecule has 1 aromatic rings. The number of carbonyl (C=O) groups excluding carboxylic acids is 1. The van der Waals surface area contributed by atoms with Gasteiger partial charge in [0.1, 0.15) is 0 Å². The molecule has 0 amide bonds. The Morgan fingerprint density at radius 1 is 1.18 bits per heavy atom. The van der Waals surface area contributed by atoms with Crippen molar-refractivity contribution in [2.24, 2.45) is 5.92 Å². The molecule has 2 heteroatoms. The molecule has 0 saturated carbocycles. The van der Waals surface area contributed by atoms with Crippen LogP contribution < -0.4 is 4.90 Å². The van der Waals surface area contributed by atoms with Gasteiger partial charge in [-0.25, -0.2) is 0 Å². The molecule has 0 atom stereocenters. The zero-order valence-electron chi connectivity index (χ0n) is 11.4. The molecule has 1 aromatic carbocycles. The molecule has 1 rings (SSSR count). The van der Waals surface area contributed by atoms with Gasteiger partial charge in [0, 0.05) is 31.8 Å². The van der Waals surface area contributed by atoms with Crippen LogP contribution in [0.5, 0.6) is 0 Å². The number of hydrogen-bond donors (Lipinski definition) is 0. The highest BCUT2D eigenvalue weighted by atomic mass is 16.1. The monoisotopic (exact) mass is 233 g/mol. The molecule has 17 heavy (non-hydrogen) atoms. The van der Waals surface area contributed by atoms with E-state index in [2.05, 4.69) is 13.8 Å². The molecule has 0 fully saturated rings. The zero-order valence-corrected chi connectivity index (χ0v) is 11.4. The summed E-state index contributed by atoms with van der Waals surface area (Å²) in [5, 5.41) is 0. The topological polar surface area (TPSA) is 20.3 Å². The molecule has 0 aromatic heterocycles. The normalized spacial score (nSPS) is 10.6. The average molecular weight is 233 g/mol. The first-order valence-electron chi connectivity index (χ1n) is 6.31. The van der Waals surface area contributed by atoms with Crippen LogP contribution in [0.3, 0.4) is 0 Å². The lowest BCUT2D eigenvalue weighted by atomic mass is 10.0. The molecule has 0 saturated heterocycles. The second-order valence-corrected chi connectivity index (χ2v) is 5.15. The molecule has 0 N–H and O–H groups in total. The molecule has 0 heterocycles. The SMILES string of the molecule is CC(C)CCCC(=O)c1ccc(N(C)C)cc1. The van der Waals surface area contributed by atoms with Crippen LogP contribution in [0.15, 0.2) is 24.3 Å². The van der Waals surface area contributed by atoms with E-state index >= 15 is 0 Å². The first-order valence-corrected chi connectivity index (χ1v) is 6.31. The molecular weight excluding hydrogens is 210 g/mol. The third-order valence-corrected chi connectivity index (χ3v) is 2.89. The Morgan fingerprint density at radius 2 is 1.76 bits per heavy atom. The first kappa shape index (κ1) is 13.8. The molecule has 0 aliphatic rings. The fourth-order valence-corrected chi connectivity index (χ4v) is 1.76. The summed E-state index contributed by atoms with van der Waals surface area (Å²) in [5.74, 6) is 0.940. The minimum Gasteiger partial charge on any atom is -0.378 e. The summed E-state index contributed by atoms with van der Waals surface area (Å²) in [6.45, 7) is 4.38. The van der Waals surface area contributed by atoms with E-state index in [1.54, 1.807) is 0 Å². The molecule has 0 bridgehead atoms. The van der Waals surface area contributed by atoms with E-state index in [9.17, 15) is 4.79 Å².